The number of hydrogen-bond acceptors (Lipinski definition) is 4. The first-order valence-corrected chi connectivity index (χ1v) is 8.17. The molecule has 0 amide bonds. The number of benzene rings is 1. The Balaban J connectivity index is 2.08. The van der Waals surface area contributed by atoms with Crippen molar-refractivity contribution in [1.82, 2.24) is 4.72 Å². The van der Waals surface area contributed by atoms with E-state index in [9.17, 15) is 13.5 Å². The molecule has 0 atom stereocenters. The lowest BCUT2D eigenvalue weighted by atomic mass is 10.1. The minimum Gasteiger partial charge on any atom is -0.493 e. The van der Waals surface area contributed by atoms with E-state index in [0.717, 1.165) is 20.3 Å². The molecule has 5 nitrogen and oxygen atoms in total. The van der Waals surface area contributed by atoms with Crippen LogP contribution in [0.1, 0.15) is 5.56 Å². The van der Waals surface area contributed by atoms with Crippen molar-refractivity contribution < 1.29 is 13.5 Å². The summed E-state index contributed by atoms with van der Waals surface area (Å²) in [6.07, 6.45) is 1.17. The molecule has 0 fully saturated rings. The summed E-state index contributed by atoms with van der Waals surface area (Å²) in [6, 6.07) is 9.77. The van der Waals surface area contributed by atoms with Crippen LogP contribution in [-0.4, -0.2) is 13.5 Å². The largest absolute Gasteiger partial charge is 0.493 e. The van der Waals surface area contributed by atoms with E-state index >= 15 is 0 Å². The number of nitrogens with zero attached hydrogens (tertiary/aromatic N) is 1. The van der Waals surface area contributed by atoms with Gasteiger partial charge in [0.15, 0.2) is 0 Å². The highest BCUT2D eigenvalue weighted by Crippen LogP contribution is 2.38. The van der Waals surface area contributed by atoms with E-state index in [1.54, 1.807) is 5.38 Å². The fourth-order valence-electron chi connectivity index (χ4n) is 2.09. The number of nitrogens with one attached hydrogen (secondary N) is 1. The van der Waals surface area contributed by atoms with Crippen molar-refractivity contribution in [2.45, 2.75) is 6.92 Å². The zero-order valence-corrected chi connectivity index (χ0v) is 12.2. The van der Waals surface area contributed by atoms with Crippen LogP contribution in [0.25, 0.3) is 10.4 Å². The van der Waals surface area contributed by atoms with Gasteiger partial charge in [-0.2, -0.15) is 8.42 Å². The van der Waals surface area contributed by atoms with Crippen molar-refractivity contribution in [3.05, 3.63) is 53.4 Å². The Morgan fingerprint density at radius 2 is 1.95 bits per heavy atom. The van der Waals surface area contributed by atoms with Crippen LogP contribution in [0.3, 0.4) is 0 Å². The minimum absolute atomic E-state index is 0.378. The Morgan fingerprint density at radius 1 is 1.25 bits per heavy atom. The van der Waals surface area contributed by atoms with E-state index in [-0.39, 0.29) is 5.88 Å². The molecule has 2 aromatic rings. The van der Waals surface area contributed by atoms with E-state index in [1.165, 1.54) is 17.5 Å². The van der Waals surface area contributed by atoms with Gasteiger partial charge in [0.2, 0.25) is 5.88 Å². The highest BCUT2D eigenvalue weighted by atomic mass is 32.2. The number of rotatable bonds is 2. The summed E-state index contributed by atoms with van der Waals surface area (Å²) in [5.74, 6) is -0.378. The summed E-state index contributed by atoms with van der Waals surface area (Å²) in [6.45, 7) is 1.87. The minimum atomic E-state index is -3.73. The predicted octanol–water partition coefficient (Wildman–Crippen LogP) is 2.73. The number of thiophene rings is 1. The molecule has 0 saturated heterocycles. The van der Waals surface area contributed by atoms with E-state index in [4.69, 9.17) is 0 Å². The van der Waals surface area contributed by atoms with Gasteiger partial charge in [0.1, 0.15) is 0 Å². The first kappa shape index (κ1) is 13.0. The Hall–Kier alpha value is -1.99. The number of anilines is 1. The van der Waals surface area contributed by atoms with Crippen LogP contribution in [0.2, 0.25) is 0 Å². The van der Waals surface area contributed by atoms with Crippen molar-refractivity contribution >= 4 is 27.2 Å². The van der Waals surface area contributed by atoms with E-state index in [0.29, 0.717) is 5.69 Å². The summed E-state index contributed by atoms with van der Waals surface area (Å²) in [5.41, 5.74) is 2.45. The molecule has 1 aliphatic heterocycles. The summed E-state index contributed by atoms with van der Waals surface area (Å²) in [7, 11) is -3.73. The molecule has 2 heterocycles. The van der Waals surface area contributed by atoms with Gasteiger partial charge < -0.3 is 5.11 Å². The molecule has 7 heteroatoms. The molecule has 0 aliphatic carbocycles. The molecule has 1 aromatic carbocycles. The summed E-state index contributed by atoms with van der Waals surface area (Å²) < 4.78 is 26.8. The van der Waals surface area contributed by atoms with Gasteiger partial charge in [0, 0.05) is 10.3 Å². The predicted molar refractivity (Wildman–Crippen MR) is 79.7 cm³/mol. The zero-order valence-electron chi connectivity index (χ0n) is 10.6. The average molecular weight is 308 g/mol. The molecular formula is C13H12N2O3S2. The second kappa shape index (κ2) is 4.53. The fourth-order valence-corrected chi connectivity index (χ4v) is 4.33. The van der Waals surface area contributed by atoms with E-state index < -0.39 is 10.2 Å². The van der Waals surface area contributed by atoms with Gasteiger partial charge in [0.25, 0.3) is 0 Å². The summed E-state index contributed by atoms with van der Waals surface area (Å²) in [5, 5.41) is 11.1. The highest BCUT2D eigenvalue weighted by Gasteiger charge is 2.31. The lowest BCUT2D eigenvalue weighted by Crippen LogP contribution is -2.29. The van der Waals surface area contributed by atoms with Crippen molar-refractivity contribution in [2.24, 2.45) is 0 Å². The third-order valence-electron chi connectivity index (χ3n) is 3.02. The molecule has 1 aliphatic rings. The van der Waals surface area contributed by atoms with Crippen LogP contribution in [0.15, 0.2) is 47.8 Å². The molecule has 3 rings (SSSR count). The van der Waals surface area contributed by atoms with Crippen LogP contribution >= 0.6 is 11.3 Å². The maximum Gasteiger partial charge on any atom is 0.330 e. The first-order valence-electron chi connectivity index (χ1n) is 5.85. The molecule has 0 radical (unpaired) electrons. The Bertz CT molecular complexity index is 779. The van der Waals surface area contributed by atoms with Crippen LogP contribution < -0.4 is 9.03 Å². The van der Waals surface area contributed by atoms with Crippen LogP contribution in [0.4, 0.5) is 5.69 Å². The molecule has 1 aromatic heterocycles. The van der Waals surface area contributed by atoms with Gasteiger partial charge >= 0.3 is 10.2 Å². The molecule has 0 bridgehead atoms. The monoisotopic (exact) mass is 308 g/mol. The maximum absolute atomic E-state index is 11.9. The summed E-state index contributed by atoms with van der Waals surface area (Å²) in [4.78, 5) is 1.01. The lowest BCUT2D eigenvalue weighted by Gasteiger charge is -2.13. The smallest absolute Gasteiger partial charge is 0.330 e. The zero-order chi connectivity index (χ0) is 14.3. The SMILES string of the molecule is Cc1c(N2C=C(O)NS2(=O)=O)csc1-c1ccccc1. The maximum atomic E-state index is 11.9. The third kappa shape index (κ3) is 2.04. The second-order valence-electron chi connectivity index (χ2n) is 4.36. The summed E-state index contributed by atoms with van der Waals surface area (Å²) >= 11 is 1.47. The number of hydrogen-bond donors (Lipinski definition) is 2. The molecule has 104 valence electrons. The van der Waals surface area contributed by atoms with Crippen molar-refractivity contribution in [1.29, 1.82) is 0 Å². The van der Waals surface area contributed by atoms with Gasteiger partial charge in [-0.25, -0.2) is 9.03 Å². The Kier molecular flexibility index (Phi) is 2.95. The van der Waals surface area contributed by atoms with Gasteiger partial charge in [-0.05, 0) is 18.1 Å². The lowest BCUT2D eigenvalue weighted by molar-refractivity contribution is 0.392. The highest BCUT2D eigenvalue weighted by molar-refractivity contribution is 7.91. The molecular weight excluding hydrogens is 296 g/mol. The Morgan fingerprint density at radius 3 is 2.55 bits per heavy atom. The molecule has 20 heavy (non-hydrogen) atoms. The second-order valence-corrected chi connectivity index (χ2v) is 6.79. The average Bonchev–Trinajstić information content (AvgIpc) is 2.90. The number of aliphatic hydroxyl groups excluding tert-OH is 1. The van der Waals surface area contributed by atoms with Crippen LogP contribution in [0.5, 0.6) is 0 Å². The van der Waals surface area contributed by atoms with Crippen molar-refractivity contribution in [3.63, 3.8) is 0 Å². The molecule has 0 unspecified atom stereocenters. The van der Waals surface area contributed by atoms with Gasteiger partial charge in [-0.3, -0.25) is 0 Å². The topological polar surface area (TPSA) is 69.6 Å². The quantitative estimate of drug-likeness (QED) is 0.896. The van der Waals surface area contributed by atoms with E-state index in [1.807, 2.05) is 42.0 Å². The Labute approximate surface area is 121 Å². The first-order chi connectivity index (χ1) is 9.49. The van der Waals surface area contributed by atoms with Gasteiger partial charge in [-0.1, -0.05) is 30.3 Å². The van der Waals surface area contributed by atoms with Crippen molar-refractivity contribution in [2.75, 3.05) is 4.31 Å². The van der Waals surface area contributed by atoms with Crippen LogP contribution in [0, 0.1) is 6.92 Å². The van der Waals surface area contributed by atoms with Crippen LogP contribution in [-0.2, 0) is 10.2 Å². The van der Waals surface area contributed by atoms with Crippen molar-refractivity contribution in [3.8, 4) is 10.4 Å². The number of aliphatic hydroxyl groups is 1. The van der Waals surface area contributed by atoms with Gasteiger partial charge in [-0.15, -0.1) is 11.3 Å². The fraction of sp³-hybridized carbons (Fsp3) is 0.0769. The normalized spacial score (nSPS) is 16.9. The molecule has 0 saturated carbocycles. The molecule has 0 spiro atoms. The van der Waals surface area contributed by atoms with E-state index in [2.05, 4.69) is 0 Å². The third-order valence-corrected chi connectivity index (χ3v) is 5.42. The van der Waals surface area contributed by atoms with Gasteiger partial charge in [0.05, 0.1) is 11.9 Å². The molecule has 2 N–H and O–H groups in total. The standard InChI is InChI=1S/C13H12N2O3S2/c1-9-11(15-7-12(16)14-20(15,17)18)8-19-13(9)10-5-3-2-4-6-10/h2-8,14,16H,1H3.